The van der Waals surface area contributed by atoms with Crippen molar-refractivity contribution in [3.05, 3.63) is 59.7 Å². The first kappa shape index (κ1) is 18.7. The standard InChI is InChI=1S/C22H30N2O2/c1-23(15-13-18-8-4-3-5-9-18)20-11-7-14-24(17-20)16-19-10-6-12-21(26-2)22(19)25/h3-6,8-10,12,20,25H,7,11,13-17H2,1-2H3/t20-/m1/s1. The molecule has 2 aromatic carbocycles. The molecule has 1 aliphatic heterocycles. The first-order valence-electron chi connectivity index (χ1n) is 9.48. The van der Waals surface area contributed by atoms with Gasteiger partial charge in [-0.1, -0.05) is 42.5 Å². The zero-order chi connectivity index (χ0) is 18.4. The van der Waals surface area contributed by atoms with Crippen molar-refractivity contribution < 1.29 is 9.84 Å². The van der Waals surface area contributed by atoms with E-state index in [4.69, 9.17) is 4.74 Å². The number of nitrogens with zero attached hydrogens (tertiary/aromatic N) is 2. The second-order valence-corrected chi connectivity index (χ2v) is 7.22. The van der Waals surface area contributed by atoms with E-state index in [1.807, 2.05) is 12.1 Å². The van der Waals surface area contributed by atoms with Crippen LogP contribution in [0.5, 0.6) is 11.5 Å². The first-order valence-corrected chi connectivity index (χ1v) is 9.48. The molecular weight excluding hydrogens is 324 g/mol. The number of likely N-dealkylation sites (N-methyl/N-ethyl adjacent to an activating group) is 1. The fourth-order valence-corrected chi connectivity index (χ4v) is 3.77. The van der Waals surface area contributed by atoms with Crippen molar-refractivity contribution in [1.82, 2.24) is 9.80 Å². The number of phenolic OH excluding ortho intramolecular Hbond substituents is 1. The van der Waals surface area contributed by atoms with Gasteiger partial charge in [-0.15, -0.1) is 0 Å². The zero-order valence-electron chi connectivity index (χ0n) is 15.9. The third-order valence-corrected chi connectivity index (χ3v) is 5.40. The Morgan fingerprint density at radius 1 is 1.15 bits per heavy atom. The predicted molar refractivity (Wildman–Crippen MR) is 106 cm³/mol. The van der Waals surface area contributed by atoms with Gasteiger partial charge in [0.05, 0.1) is 7.11 Å². The minimum Gasteiger partial charge on any atom is -0.504 e. The zero-order valence-corrected chi connectivity index (χ0v) is 15.9. The molecule has 0 aromatic heterocycles. The topological polar surface area (TPSA) is 35.9 Å². The van der Waals surface area contributed by atoms with Crippen LogP contribution in [-0.4, -0.2) is 54.7 Å². The summed E-state index contributed by atoms with van der Waals surface area (Å²) in [7, 11) is 3.83. The number of rotatable bonds is 7. The first-order chi connectivity index (χ1) is 12.7. The third-order valence-electron chi connectivity index (χ3n) is 5.40. The molecule has 0 spiro atoms. The molecule has 0 aliphatic carbocycles. The van der Waals surface area contributed by atoms with Crippen molar-refractivity contribution in [2.75, 3.05) is 33.8 Å². The summed E-state index contributed by atoms with van der Waals surface area (Å²) in [6.45, 7) is 3.97. The van der Waals surface area contributed by atoms with Gasteiger partial charge >= 0.3 is 0 Å². The Hall–Kier alpha value is -2.04. The number of para-hydroxylation sites is 1. The maximum atomic E-state index is 10.3. The van der Waals surface area contributed by atoms with E-state index in [9.17, 15) is 5.11 Å². The second kappa shape index (κ2) is 9.06. The lowest BCUT2D eigenvalue weighted by molar-refractivity contribution is 0.111. The van der Waals surface area contributed by atoms with E-state index in [-0.39, 0.29) is 5.75 Å². The molecule has 0 bridgehead atoms. The Kier molecular flexibility index (Phi) is 6.53. The maximum absolute atomic E-state index is 10.3. The van der Waals surface area contributed by atoms with Gasteiger partial charge in [-0.2, -0.15) is 0 Å². The molecule has 0 unspecified atom stereocenters. The van der Waals surface area contributed by atoms with Crippen molar-refractivity contribution in [2.45, 2.75) is 31.8 Å². The largest absolute Gasteiger partial charge is 0.504 e. The van der Waals surface area contributed by atoms with Gasteiger partial charge < -0.3 is 14.7 Å². The highest BCUT2D eigenvalue weighted by Gasteiger charge is 2.24. The highest BCUT2D eigenvalue weighted by atomic mass is 16.5. The number of methoxy groups -OCH3 is 1. The van der Waals surface area contributed by atoms with Crippen LogP contribution in [0.3, 0.4) is 0 Å². The molecule has 4 nitrogen and oxygen atoms in total. The fourth-order valence-electron chi connectivity index (χ4n) is 3.77. The van der Waals surface area contributed by atoms with E-state index < -0.39 is 0 Å². The number of hydrogen-bond donors (Lipinski definition) is 1. The van der Waals surface area contributed by atoms with Crippen molar-refractivity contribution in [1.29, 1.82) is 0 Å². The summed E-state index contributed by atoms with van der Waals surface area (Å²) in [6, 6.07) is 17.0. The SMILES string of the molecule is COc1cccc(CN2CCC[C@@H](N(C)CCc3ccccc3)C2)c1O. The molecule has 4 heteroatoms. The highest BCUT2D eigenvalue weighted by molar-refractivity contribution is 5.45. The van der Waals surface area contributed by atoms with E-state index in [1.54, 1.807) is 13.2 Å². The van der Waals surface area contributed by atoms with Gasteiger partial charge in [0.1, 0.15) is 0 Å². The molecule has 1 heterocycles. The van der Waals surface area contributed by atoms with Gasteiger partial charge in [0.25, 0.3) is 0 Å². The summed E-state index contributed by atoms with van der Waals surface area (Å²) < 4.78 is 5.23. The number of likely N-dealkylation sites (tertiary alicyclic amines) is 1. The Labute approximate surface area is 157 Å². The minimum absolute atomic E-state index is 0.273. The molecule has 1 fully saturated rings. The number of phenols is 1. The van der Waals surface area contributed by atoms with Crippen LogP contribution >= 0.6 is 0 Å². The molecule has 140 valence electrons. The van der Waals surface area contributed by atoms with Gasteiger partial charge in [-0.05, 0) is 44.5 Å². The average Bonchev–Trinajstić information content (AvgIpc) is 2.69. The number of hydrogen-bond acceptors (Lipinski definition) is 4. The van der Waals surface area contributed by atoms with Crippen LogP contribution < -0.4 is 4.74 Å². The Bertz CT molecular complexity index is 690. The van der Waals surface area contributed by atoms with Crippen molar-refractivity contribution in [2.24, 2.45) is 0 Å². The summed E-state index contributed by atoms with van der Waals surface area (Å²) in [5.41, 5.74) is 2.34. The van der Waals surface area contributed by atoms with Gasteiger partial charge in [-0.25, -0.2) is 0 Å². The number of aromatic hydroxyl groups is 1. The van der Waals surface area contributed by atoms with Crippen LogP contribution in [0.15, 0.2) is 48.5 Å². The summed E-state index contributed by atoms with van der Waals surface area (Å²) in [6.07, 6.45) is 3.53. The highest BCUT2D eigenvalue weighted by Crippen LogP contribution is 2.31. The molecule has 0 amide bonds. The lowest BCUT2D eigenvalue weighted by Crippen LogP contribution is -2.46. The summed E-state index contributed by atoms with van der Waals surface area (Å²) in [4.78, 5) is 4.94. The molecule has 2 aromatic rings. The molecular formula is C22H30N2O2. The molecule has 1 N–H and O–H groups in total. The molecule has 1 atom stereocenters. The van der Waals surface area contributed by atoms with Crippen molar-refractivity contribution in [3.8, 4) is 11.5 Å². The van der Waals surface area contributed by atoms with E-state index in [1.165, 1.54) is 18.4 Å². The summed E-state index contributed by atoms with van der Waals surface area (Å²) in [5, 5.41) is 10.3. The second-order valence-electron chi connectivity index (χ2n) is 7.22. The normalized spacial score (nSPS) is 18.2. The van der Waals surface area contributed by atoms with Crippen LogP contribution in [0.25, 0.3) is 0 Å². The fraction of sp³-hybridized carbons (Fsp3) is 0.455. The van der Waals surface area contributed by atoms with Gasteiger partial charge in [-0.3, -0.25) is 4.90 Å². The van der Waals surface area contributed by atoms with E-state index >= 15 is 0 Å². The van der Waals surface area contributed by atoms with Gasteiger partial charge in [0.2, 0.25) is 0 Å². The van der Waals surface area contributed by atoms with Crippen LogP contribution in [0.4, 0.5) is 0 Å². The summed E-state index contributed by atoms with van der Waals surface area (Å²) >= 11 is 0. The van der Waals surface area contributed by atoms with E-state index in [2.05, 4.69) is 47.2 Å². The Balaban J connectivity index is 1.55. The van der Waals surface area contributed by atoms with Crippen LogP contribution in [0.2, 0.25) is 0 Å². The number of ether oxygens (including phenoxy) is 1. The van der Waals surface area contributed by atoms with Crippen LogP contribution in [-0.2, 0) is 13.0 Å². The quantitative estimate of drug-likeness (QED) is 0.825. The van der Waals surface area contributed by atoms with Crippen molar-refractivity contribution >= 4 is 0 Å². The molecule has 0 saturated carbocycles. The summed E-state index contributed by atoms with van der Waals surface area (Å²) in [5.74, 6) is 0.825. The number of benzene rings is 2. The molecule has 3 rings (SSSR count). The molecule has 1 aliphatic rings. The van der Waals surface area contributed by atoms with E-state index in [0.29, 0.717) is 11.8 Å². The van der Waals surface area contributed by atoms with Gasteiger partial charge in [0, 0.05) is 31.2 Å². The monoisotopic (exact) mass is 354 g/mol. The smallest absolute Gasteiger partial charge is 0.162 e. The van der Waals surface area contributed by atoms with Crippen LogP contribution in [0, 0.1) is 0 Å². The third kappa shape index (κ3) is 4.77. The lowest BCUT2D eigenvalue weighted by atomic mass is 10.0. The minimum atomic E-state index is 0.273. The molecule has 0 radical (unpaired) electrons. The van der Waals surface area contributed by atoms with E-state index in [0.717, 1.165) is 38.2 Å². The molecule has 26 heavy (non-hydrogen) atoms. The molecule has 1 saturated heterocycles. The predicted octanol–water partition coefficient (Wildman–Crippen LogP) is 3.54. The Morgan fingerprint density at radius 2 is 1.96 bits per heavy atom. The average molecular weight is 354 g/mol. The lowest BCUT2D eigenvalue weighted by Gasteiger charge is -2.38. The maximum Gasteiger partial charge on any atom is 0.162 e. The Morgan fingerprint density at radius 3 is 2.73 bits per heavy atom. The van der Waals surface area contributed by atoms with Crippen molar-refractivity contribution in [3.63, 3.8) is 0 Å². The van der Waals surface area contributed by atoms with Gasteiger partial charge in [0.15, 0.2) is 11.5 Å². The number of piperidine rings is 1. The van der Waals surface area contributed by atoms with Crippen LogP contribution in [0.1, 0.15) is 24.0 Å².